The standard InChI is InChI=1S/C17H15N3O5/c1-3-16(21)18-12-7-8-14(15(10-12)20(23)24)17(22)19-11-5-4-6-13(9-11)25-2/h3-10H,1H2,2H3,(H,18,21)(H,19,22). The largest absolute Gasteiger partial charge is 0.497 e. The molecule has 0 heterocycles. The topological polar surface area (TPSA) is 111 Å². The van der Waals surface area contributed by atoms with Crippen LogP contribution >= 0.6 is 0 Å². The third-order valence-electron chi connectivity index (χ3n) is 3.22. The molecule has 2 rings (SSSR count). The Hall–Kier alpha value is -3.68. The van der Waals surface area contributed by atoms with E-state index in [0.717, 1.165) is 12.1 Å². The van der Waals surface area contributed by atoms with Crippen molar-refractivity contribution in [2.24, 2.45) is 0 Å². The minimum absolute atomic E-state index is 0.135. The summed E-state index contributed by atoms with van der Waals surface area (Å²) in [5.74, 6) is -0.626. The number of amides is 2. The fraction of sp³-hybridized carbons (Fsp3) is 0.0588. The van der Waals surface area contributed by atoms with Crippen molar-refractivity contribution in [2.45, 2.75) is 0 Å². The van der Waals surface area contributed by atoms with Crippen molar-refractivity contribution in [3.05, 3.63) is 70.8 Å². The fourth-order valence-corrected chi connectivity index (χ4v) is 2.05. The van der Waals surface area contributed by atoms with Gasteiger partial charge in [-0.3, -0.25) is 19.7 Å². The molecule has 0 radical (unpaired) electrons. The average Bonchev–Trinajstić information content (AvgIpc) is 2.61. The van der Waals surface area contributed by atoms with Crippen molar-refractivity contribution in [1.29, 1.82) is 0 Å². The van der Waals surface area contributed by atoms with Gasteiger partial charge in [0.05, 0.1) is 12.0 Å². The highest BCUT2D eigenvalue weighted by Crippen LogP contribution is 2.25. The van der Waals surface area contributed by atoms with Crippen LogP contribution in [-0.4, -0.2) is 23.8 Å². The van der Waals surface area contributed by atoms with Crippen LogP contribution in [0.2, 0.25) is 0 Å². The number of nitro benzene ring substituents is 1. The molecule has 2 amide bonds. The first-order valence-corrected chi connectivity index (χ1v) is 7.12. The maximum absolute atomic E-state index is 12.4. The first-order chi connectivity index (χ1) is 11.9. The number of ether oxygens (including phenoxy) is 1. The molecule has 128 valence electrons. The van der Waals surface area contributed by atoms with Gasteiger partial charge in [-0.2, -0.15) is 0 Å². The predicted octanol–water partition coefficient (Wildman–Crippen LogP) is 2.98. The number of nitrogens with one attached hydrogen (secondary N) is 2. The highest BCUT2D eigenvalue weighted by atomic mass is 16.6. The van der Waals surface area contributed by atoms with Crippen molar-refractivity contribution < 1.29 is 19.2 Å². The Balaban J connectivity index is 2.30. The zero-order valence-electron chi connectivity index (χ0n) is 13.3. The Kier molecular flexibility index (Phi) is 5.47. The molecular formula is C17H15N3O5. The smallest absolute Gasteiger partial charge is 0.284 e. The number of nitrogens with zero attached hydrogens (tertiary/aromatic N) is 1. The number of benzene rings is 2. The summed E-state index contributed by atoms with van der Waals surface area (Å²) in [6, 6.07) is 10.4. The predicted molar refractivity (Wildman–Crippen MR) is 92.9 cm³/mol. The van der Waals surface area contributed by atoms with Crippen LogP contribution in [0.1, 0.15) is 10.4 Å². The second kappa shape index (κ2) is 7.73. The van der Waals surface area contributed by atoms with Crippen LogP contribution in [0.4, 0.5) is 17.1 Å². The first-order valence-electron chi connectivity index (χ1n) is 7.12. The van der Waals surface area contributed by atoms with Crippen molar-refractivity contribution in [1.82, 2.24) is 0 Å². The molecule has 2 aromatic carbocycles. The van der Waals surface area contributed by atoms with Crippen molar-refractivity contribution in [3.8, 4) is 5.75 Å². The Morgan fingerprint density at radius 2 is 1.88 bits per heavy atom. The molecule has 0 saturated carbocycles. The molecular weight excluding hydrogens is 326 g/mol. The maximum atomic E-state index is 12.4. The van der Waals surface area contributed by atoms with E-state index in [9.17, 15) is 19.7 Å². The molecule has 0 fully saturated rings. The lowest BCUT2D eigenvalue weighted by Crippen LogP contribution is -2.15. The number of methoxy groups -OCH3 is 1. The number of anilines is 2. The second-order valence-corrected chi connectivity index (χ2v) is 4.87. The van der Waals surface area contributed by atoms with E-state index in [1.165, 1.54) is 19.2 Å². The molecule has 0 bridgehead atoms. The highest BCUT2D eigenvalue weighted by Gasteiger charge is 2.21. The van der Waals surface area contributed by atoms with Gasteiger partial charge < -0.3 is 15.4 Å². The molecule has 0 aliphatic carbocycles. The SMILES string of the molecule is C=CC(=O)Nc1ccc(C(=O)Nc2cccc(OC)c2)c([N+](=O)[O-])c1. The first kappa shape index (κ1) is 17.7. The van der Waals surface area contributed by atoms with Gasteiger partial charge >= 0.3 is 0 Å². The van der Waals surface area contributed by atoms with Crippen molar-refractivity contribution >= 4 is 28.9 Å². The number of carbonyl (C=O) groups is 2. The van der Waals surface area contributed by atoms with E-state index in [0.29, 0.717) is 11.4 Å². The van der Waals surface area contributed by atoms with Gasteiger partial charge in [0.2, 0.25) is 5.91 Å². The molecule has 0 aliphatic rings. The Bertz CT molecular complexity index is 848. The molecule has 0 aliphatic heterocycles. The number of hydrogen-bond donors (Lipinski definition) is 2. The maximum Gasteiger partial charge on any atom is 0.284 e. The summed E-state index contributed by atoms with van der Waals surface area (Å²) in [5.41, 5.74) is 0.0592. The fourth-order valence-electron chi connectivity index (χ4n) is 2.05. The van der Waals surface area contributed by atoms with E-state index in [4.69, 9.17) is 4.74 Å². The number of rotatable bonds is 6. The van der Waals surface area contributed by atoms with E-state index >= 15 is 0 Å². The Labute approximate surface area is 143 Å². The van der Waals surface area contributed by atoms with Crippen LogP contribution in [0.5, 0.6) is 5.75 Å². The molecule has 2 N–H and O–H groups in total. The summed E-state index contributed by atoms with van der Waals surface area (Å²) < 4.78 is 5.06. The van der Waals surface area contributed by atoms with Gasteiger partial charge in [-0.05, 0) is 30.3 Å². The van der Waals surface area contributed by atoms with Gasteiger partial charge in [-0.25, -0.2) is 0 Å². The summed E-state index contributed by atoms with van der Waals surface area (Å²) in [6.07, 6.45) is 1.04. The van der Waals surface area contributed by atoms with Gasteiger partial charge in [-0.15, -0.1) is 0 Å². The van der Waals surface area contributed by atoms with Crippen LogP contribution in [0.3, 0.4) is 0 Å². The molecule has 0 spiro atoms. The molecule has 0 atom stereocenters. The van der Waals surface area contributed by atoms with Crippen molar-refractivity contribution in [2.75, 3.05) is 17.7 Å². The van der Waals surface area contributed by atoms with Crippen LogP contribution in [0.15, 0.2) is 55.1 Å². The zero-order valence-corrected chi connectivity index (χ0v) is 13.3. The lowest BCUT2D eigenvalue weighted by atomic mass is 10.1. The molecule has 25 heavy (non-hydrogen) atoms. The van der Waals surface area contributed by atoms with Gasteiger partial charge in [0.15, 0.2) is 0 Å². The monoisotopic (exact) mass is 341 g/mol. The summed E-state index contributed by atoms with van der Waals surface area (Å²) in [6.45, 7) is 3.30. The minimum atomic E-state index is -0.690. The molecule has 8 nitrogen and oxygen atoms in total. The summed E-state index contributed by atoms with van der Waals surface area (Å²) in [4.78, 5) is 34.2. The van der Waals surface area contributed by atoms with E-state index in [-0.39, 0.29) is 11.3 Å². The molecule has 0 aromatic heterocycles. The van der Waals surface area contributed by atoms with E-state index < -0.39 is 22.4 Å². The number of hydrogen-bond acceptors (Lipinski definition) is 5. The number of nitro groups is 1. The number of carbonyl (C=O) groups excluding carboxylic acids is 2. The molecule has 0 unspecified atom stereocenters. The van der Waals surface area contributed by atoms with Crippen LogP contribution in [0.25, 0.3) is 0 Å². The normalized spacial score (nSPS) is 9.80. The Morgan fingerprint density at radius 3 is 2.52 bits per heavy atom. The third kappa shape index (κ3) is 4.41. The second-order valence-electron chi connectivity index (χ2n) is 4.87. The van der Waals surface area contributed by atoms with Crippen LogP contribution in [0, 0.1) is 10.1 Å². The minimum Gasteiger partial charge on any atom is -0.497 e. The van der Waals surface area contributed by atoms with Crippen LogP contribution in [-0.2, 0) is 4.79 Å². The van der Waals surface area contributed by atoms with Gasteiger partial charge in [0.25, 0.3) is 11.6 Å². The highest BCUT2D eigenvalue weighted by molar-refractivity contribution is 6.08. The lowest BCUT2D eigenvalue weighted by molar-refractivity contribution is -0.385. The molecule has 8 heteroatoms. The molecule has 0 saturated heterocycles. The third-order valence-corrected chi connectivity index (χ3v) is 3.22. The quantitative estimate of drug-likeness (QED) is 0.477. The van der Waals surface area contributed by atoms with Gasteiger partial charge in [-0.1, -0.05) is 12.6 Å². The van der Waals surface area contributed by atoms with Gasteiger partial charge in [0.1, 0.15) is 11.3 Å². The van der Waals surface area contributed by atoms with E-state index in [1.807, 2.05) is 0 Å². The van der Waals surface area contributed by atoms with E-state index in [1.54, 1.807) is 24.3 Å². The summed E-state index contributed by atoms with van der Waals surface area (Å²) in [5, 5.41) is 16.2. The summed E-state index contributed by atoms with van der Waals surface area (Å²) >= 11 is 0. The summed E-state index contributed by atoms with van der Waals surface area (Å²) in [7, 11) is 1.49. The van der Waals surface area contributed by atoms with Crippen LogP contribution < -0.4 is 15.4 Å². The average molecular weight is 341 g/mol. The van der Waals surface area contributed by atoms with Crippen molar-refractivity contribution in [3.63, 3.8) is 0 Å². The van der Waals surface area contributed by atoms with Gasteiger partial charge in [0, 0.05) is 23.5 Å². The molecule has 2 aromatic rings. The lowest BCUT2D eigenvalue weighted by Gasteiger charge is -2.09. The van der Waals surface area contributed by atoms with E-state index in [2.05, 4.69) is 17.2 Å². The Morgan fingerprint density at radius 1 is 1.16 bits per heavy atom. The zero-order chi connectivity index (χ0) is 18.4.